The Hall–Kier alpha value is -1.88. The molecule has 0 fully saturated rings. The van der Waals surface area contributed by atoms with Crippen molar-refractivity contribution in [2.24, 2.45) is 0 Å². The van der Waals surface area contributed by atoms with Gasteiger partial charge in [-0.05, 0) is 44.5 Å². The SMILES string of the molecule is CC(C)(C)NCc1ccnc(Cc2cc(F)cc(F)c2)n1. The first kappa shape index (κ1) is 15.5. The zero-order chi connectivity index (χ0) is 15.5. The van der Waals surface area contributed by atoms with Gasteiger partial charge in [0.25, 0.3) is 0 Å². The number of rotatable bonds is 4. The molecule has 0 atom stereocenters. The molecule has 0 radical (unpaired) electrons. The van der Waals surface area contributed by atoms with Crippen LogP contribution in [0.1, 0.15) is 37.9 Å². The first-order valence-corrected chi connectivity index (χ1v) is 6.83. The highest BCUT2D eigenvalue weighted by molar-refractivity contribution is 5.21. The van der Waals surface area contributed by atoms with Crippen LogP contribution in [0.4, 0.5) is 8.78 Å². The van der Waals surface area contributed by atoms with Crippen molar-refractivity contribution in [3.63, 3.8) is 0 Å². The van der Waals surface area contributed by atoms with Crippen LogP contribution in [-0.4, -0.2) is 15.5 Å². The van der Waals surface area contributed by atoms with E-state index in [9.17, 15) is 8.78 Å². The monoisotopic (exact) mass is 291 g/mol. The summed E-state index contributed by atoms with van der Waals surface area (Å²) in [6.45, 7) is 6.84. The van der Waals surface area contributed by atoms with E-state index in [1.807, 2.05) is 6.07 Å². The van der Waals surface area contributed by atoms with E-state index in [4.69, 9.17) is 0 Å². The molecule has 2 rings (SSSR count). The molecular formula is C16H19F2N3. The van der Waals surface area contributed by atoms with Crippen molar-refractivity contribution >= 4 is 0 Å². The summed E-state index contributed by atoms with van der Waals surface area (Å²) >= 11 is 0. The van der Waals surface area contributed by atoms with Crippen molar-refractivity contribution in [2.75, 3.05) is 0 Å². The van der Waals surface area contributed by atoms with Crippen molar-refractivity contribution in [1.82, 2.24) is 15.3 Å². The lowest BCUT2D eigenvalue weighted by atomic mass is 10.1. The molecule has 0 spiro atoms. The van der Waals surface area contributed by atoms with Crippen LogP contribution >= 0.6 is 0 Å². The van der Waals surface area contributed by atoms with E-state index >= 15 is 0 Å². The zero-order valence-corrected chi connectivity index (χ0v) is 12.5. The number of hydrogen-bond acceptors (Lipinski definition) is 3. The highest BCUT2D eigenvalue weighted by Crippen LogP contribution is 2.11. The van der Waals surface area contributed by atoms with E-state index in [1.54, 1.807) is 6.20 Å². The normalized spacial score (nSPS) is 11.7. The van der Waals surface area contributed by atoms with Gasteiger partial charge in [0.1, 0.15) is 17.5 Å². The summed E-state index contributed by atoms with van der Waals surface area (Å²) in [5.41, 5.74) is 1.37. The van der Waals surface area contributed by atoms with Crippen LogP contribution in [-0.2, 0) is 13.0 Å². The Morgan fingerprint density at radius 2 is 1.76 bits per heavy atom. The molecule has 0 aliphatic carbocycles. The molecule has 1 aromatic heterocycles. The minimum Gasteiger partial charge on any atom is -0.306 e. The van der Waals surface area contributed by atoms with Gasteiger partial charge in [0, 0.05) is 30.8 Å². The molecule has 1 aromatic carbocycles. The molecule has 0 bridgehead atoms. The maximum Gasteiger partial charge on any atom is 0.132 e. The maximum absolute atomic E-state index is 13.2. The zero-order valence-electron chi connectivity index (χ0n) is 12.5. The fraction of sp³-hybridized carbons (Fsp3) is 0.375. The minimum absolute atomic E-state index is 0.00317. The number of halogens is 2. The predicted octanol–water partition coefficient (Wildman–Crippen LogP) is 3.23. The molecule has 2 aromatic rings. The minimum atomic E-state index is -0.587. The summed E-state index contributed by atoms with van der Waals surface area (Å²) in [5, 5.41) is 3.34. The lowest BCUT2D eigenvalue weighted by molar-refractivity contribution is 0.420. The highest BCUT2D eigenvalue weighted by Gasteiger charge is 2.10. The first-order valence-electron chi connectivity index (χ1n) is 6.83. The number of hydrogen-bond donors (Lipinski definition) is 1. The molecule has 0 aliphatic rings. The van der Waals surface area contributed by atoms with Gasteiger partial charge in [0.2, 0.25) is 0 Å². The Balaban J connectivity index is 2.10. The summed E-state index contributed by atoms with van der Waals surface area (Å²) in [6.07, 6.45) is 1.97. The Kier molecular flexibility index (Phi) is 4.63. The largest absolute Gasteiger partial charge is 0.306 e. The van der Waals surface area contributed by atoms with Crippen molar-refractivity contribution in [1.29, 1.82) is 0 Å². The quantitative estimate of drug-likeness (QED) is 0.939. The second-order valence-corrected chi connectivity index (χ2v) is 6.02. The van der Waals surface area contributed by atoms with Crippen molar-refractivity contribution in [3.8, 4) is 0 Å². The molecule has 0 aliphatic heterocycles. The summed E-state index contributed by atoms with van der Waals surface area (Å²) in [7, 11) is 0. The van der Waals surface area contributed by atoms with Gasteiger partial charge in [-0.2, -0.15) is 0 Å². The van der Waals surface area contributed by atoms with E-state index in [-0.39, 0.29) is 5.54 Å². The first-order chi connectivity index (χ1) is 9.82. The molecule has 0 saturated heterocycles. The fourth-order valence-corrected chi connectivity index (χ4v) is 1.88. The number of nitrogens with one attached hydrogen (secondary N) is 1. The maximum atomic E-state index is 13.2. The van der Waals surface area contributed by atoms with Gasteiger partial charge in [-0.25, -0.2) is 18.7 Å². The Morgan fingerprint density at radius 1 is 1.10 bits per heavy atom. The van der Waals surface area contributed by atoms with Crippen molar-refractivity contribution in [2.45, 2.75) is 39.3 Å². The number of benzene rings is 1. The van der Waals surface area contributed by atoms with Crippen LogP contribution < -0.4 is 5.32 Å². The van der Waals surface area contributed by atoms with E-state index in [0.29, 0.717) is 24.4 Å². The van der Waals surface area contributed by atoms with Crippen LogP contribution in [0.25, 0.3) is 0 Å². The molecular weight excluding hydrogens is 272 g/mol. The average Bonchev–Trinajstić information content (AvgIpc) is 2.35. The van der Waals surface area contributed by atoms with Crippen LogP contribution in [0.15, 0.2) is 30.5 Å². The summed E-state index contributed by atoms with van der Waals surface area (Å²) < 4.78 is 26.3. The van der Waals surface area contributed by atoms with Crippen molar-refractivity contribution < 1.29 is 8.78 Å². The lowest BCUT2D eigenvalue weighted by Gasteiger charge is -2.20. The van der Waals surface area contributed by atoms with Gasteiger partial charge in [0.15, 0.2) is 0 Å². The third-order valence-electron chi connectivity index (χ3n) is 2.85. The molecule has 21 heavy (non-hydrogen) atoms. The topological polar surface area (TPSA) is 37.8 Å². The molecule has 1 N–H and O–H groups in total. The number of aromatic nitrogens is 2. The van der Waals surface area contributed by atoms with Crippen molar-refractivity contribution in [3.05, 3.63) is 59.2 Å². The van der Waals surface area contributed by atoms with Gasteiger partial charge in [-0.3, -0.25) is 0 Å². The molecule has 0 saturated carbocycles. The molecule has 0 unspecified atom stereocenters. The third-order valence-corrected chi connectivity index (χ3v) is 2.85. The molecule has 3 nitrogen and oxygen atoms in total. The Labute approximate surface area is 123 Å². The standard InChI is InChI=1S/C16H19F2N3/c1-16(2,3)20-10-14-4-5-19-15(21-14)8-11-6-12(17)9-13(18)7-11/h4-7,9,20H,8,10H2,1-3H3. The number of nitrogens with zero attached hydrogens (tertiary/aromatic N) is 2. The smallest absolute Gasteiger partial charge is 0.132 e. The second-order valence-electron chi connectivity index (χ2n) is 6.02. The van der Waals surface area contributed by atoms with E-state index < -0.39 is 11.6 Å². The predicted molar refractivity (Wildman–Crippen MR) is 77.8 cm³/mol. The molecule has 0 amide bonds. The molecule has 5 heteroatoms. The second kappa shape index (κ2) is 6.26. The van der Waals surface area contributed by atoms with Gasteiger partial charge >= 0.3 is 0 Å². The van der Waals surface area contributed by atoms with Crippen LogP contribution in [0.3, 0.4) is 0 Å². The van der Waals surface area contributed by atoms with Gasteiger partial charge in [-0.15, -0.1) is 0 Å². The van der Waals surface area contributed by atoms with Gasteiger partial charge in [-0.1, -0.05) is 0 Å². The van der Waals surface area contributed by atoms with Gasteiger partial charge < -0.3 is 5.32 Å². The fourth-order valence-electron chi connectivity index (χ4n) is 1.88. The molecule has 1 heterocycles. The Morgan fingerprint density at radius 3 is 2.38 bits per heavy atom. The molecule has 112 valence electrons. The van der Waals surface area contributed by atoms with Gasteiger partial charge in [0.05, 0.1) is 5.69 Å². The van der Waals surface area contributed by atoms with E-state index in [0.717, 1.165) is 11.8 Å². The summed E-state index contributed by atoms with van der Waals surface area (Å²) in [4.78, 5) is 8.57. The summed E-state index contributed by atoms with van der Waals surface area (Å²) in [6, 6.07) is 5.28. The highest BCUT2D eigenvalue weighted by atomic mass is 19.1. The lowest BCUT2D eigenvalue weighted by Crippen LogP contribution is -2.35. The van der Waals surface area contributed by atoms with Crippen LogP contribution in [0.2, 0.25) is 0 Å². The third kappa shape index (κ3) is 5.19. The summed E-state index contributed by atoms with van der Waals surface area (Å²) in [5.74, 6) is -0.626. The Bertz CT molecular complexity index is 601. The van der Waals surface area contributed by atoms with E-state index in [2.05, 4.69) is 36.1 Å². The van der Waals surface area contributed by atoms with Crippen LogP contribution in [0, 0.1) is 11.6 Å². The average molecular weight is 291 g/mol. The van der Waals surface area contributed by atoms with Crippen LogP contribution in [0.5, 0.6) is 0 Å². The van der Waals surface area contributed by atoms with E-state index in [1.165, 1.54) is 12.1 Å².